The Hall–Kier alpha value is -0.830. The Morgan fingerprint density at radius 1 is 1.58 bits per heavy atom. The van der Waals surface area contributed by atoms with Crippen molar-refractivity contribution in [1.29, 1.82) is 0 Å². The SMILES string of the molecule is C=CCCOc1cccc(Br)n1. The number of nitrogens with zero attached hydrogens (tertiary/aromatic N) is 1. The lowest BCUT2D eigenvalue weighted by molar-refractivity contribution is 0.312. The zero-order valence-electron chi connectivity index (χ0n) is 6.66. The molecular weight excluding hydrogens is 218 g/mol. The third-order valence-corrected chi connectivity index (χ3v) is 1.70. The molecule has 0 N–H and O–H groups in total. The molecule has 0 aromatic carbocycles. The Morgan fingerprint density at radius 2 is 2.42 bits per heavy atom. The topological polar surface area (TPSA) is 22.1 Å². The maximum Gasteiger partial charge on any atom is 0.214 e. The average Bonchev–Trinajstić information content (AvgIpc) is 2.05. The summed E-state index contributed by atoms with van der Waals surface area (Å²) in [5.41, 5.74) is 0. The van der Waals surface area contributed by atoms with E-state index in [0.717, 1.165) is 11.0 Å². The largest absolute Gasteiger partial charge is 0.477 e. The van der Waals surface area contributed by atoms with E-state index in [2.05, 4.69) is 27.5 Å². The highest BCUT2D eigenvalue weighted by Crippen LogP contribution is 2.11. The fraction of sp³-hybridized carbons (Fsp3) is 0.222. The molecule has 64 valence electrons. The van der Waals surface area contributed by atoms with Crippen molar-refractivity contribution in [3.8, 4) is 5.88 Å². The molecule has 0 spiro atoms. The van der Waals surface area contributed by atoms with Gasteiger partial charge in [0.2, 0.25) is 5.88 Å². The molecule has 1 aromatic rings. The lowest BCUT2D eigenvalue weighted by Gasteiger charge is -2.02. The van der Waals surface area contributed by atoms with Crippen LogP contribution in [0.1, 0.15) is 6.42 Å². The van der Waals surface area contributed by atoms with E-state index in [1.165, 1.54) is 0 Å². The molecule has 0 radical (unpaired) electrons. The van der Waals surface area contributed by atoms with Crippen LogP contribution in [0.3, 0.4) is 0 Å². The van der Waals surface area contributed by atoms with Crippen LogP contribution in [0.2, 0.25) is 0 Å². The third kappa shape index (κ3) is 3.05. The molecule has 0 unspecified atom stereocenters. The molecule has 12 heavy (non-hydrogen) atoms. The second kappa shape index (κ2) is 4.93. The minimum atomic E-state index is 0.632. The highest BCUT2D eigenvalue weighted by atomic mass is 79.9. The summed E-state index contributed by atoms with van der Waals surface area (Å²) in [4.78, 5) is 4.11. The Morgan fingerprint density at radius 3 is 3.08 bits per heavy atom. The molecule has 0 fully saturated rings. The van der Waals surface area contributed by atoms with Crippen molar-refractivity contribution in [3.05, 3.63) is 35.5 Å². The number of ether oxygens (including phenoxy) is 1. The predicted molar refractivity (Wildman–Crippen MR) is 52.2 cm³/mol. The molecule has 0 saturated carbocycles. The van der Waals surface area contributed by atoms with Crippen molar-refractivity contribution in [1.82, 2.24) is 4.98 Å². The van der Waals surface area contributed by atoms with Crippen LogP contribution < -0.4 is 4.74 Å². The number of hydrogen-bond acceptors (Lipinski definition) is 2. The average molecular weight is 228 g/mol. The predicted octanol–water partition coefficient (Wildman–Crippen LogP) is 2.80. The van der Waals surface area contributed by atoms with Gasteiger partial charge in [-0.25, -0.2) is 4.98 Å². The number of halogens is 1. The van der Waals surface area contributed by atoms with Crippen LogP contribution >= 0.6 is 15.9 Å². The van der Waals surface area contributed by atoms with Crippen LogP contribution in [0.25, 0.3) is 0 Å². The van der Waals surface area contributed by atoms with E-state index < -0.39 is 0 Å². The smallest absolute Gasteiger partial charge is 0.214 e. The van der Waals surface area contributed by atoms with Gasteiger partial charge in [0.1, 0.15) is 4.60 Å². The maximum atomic E-state index is 5.31. The molecule has 0 amide bonds. The van der Waals surface area contributed by atoms with Crippen LogP contribution in [0, 0.1) is 0 Å². The quantitative estimate of drug-likeness (QED) is 0.449. The van der Waals surface area contributed by atoms with Crippen molar-refractivity contribution in [2.24, 2.45) is 0 Å². The van der Waals surface area contributed by atoms with Crippen LogP contribution in [0.5, 0.6) is 5.88 Å². The van der Waals surface area contributed by atoms with Crippen molar-refractivity contribution in [3.63, 3.8) is 0 Å². The summed E-state index contributed by atoms with van der Waals surface area (Å²) < 4.78 is 6.11. The molecule has 1 rings (SSSR count). The minimum absolute atomic E-state index is 0.632. The summed E-state index contributed by atoms with van der Waals surface area (Å²) >= 11 is 3.26. The van der Waals surface area contributed by atoms with Gasteiger partial charge in [-0.05, 0) is 28.4 Å². The molecular formula is C9H10BrNO. The van der Waals surface area contributed by atoms with Crippen molar-refractivity contribution < 1.29 is 4.74 Å². The van der Waals surface area contributed by atoms with E-state index in [-0.39, 0.29) is 0 Å². The van der Waals surface area contributed by atoms with Crippen LogP contribution in [0.15, 0.2) is 35.5 Å². The van der Waals surface area contributed by atoms with Gasteiger partial charge in [-0.3, -0.25) is 0 Å². The van der Waals surface area contributed by atoms with E-state index >= 15 is 0 Å². The first-order valence-corrected chi connectivity index (χ1v) is 4.48. The zero-order valence-corrected chi connectivity index (χ0v) is 8.25. The molecule has 0 aliphatic heterocycles. The Labute approximate surface area is 80.4 Å². The number of hydrogen-bond donors (Lipinski definition) is 0. The molecule has 2 nitrogen and oxygen atoms in total. The molecule has 0 saturated heterocycles. The minimum Gasteiger partial charge on any atom is -0.477 e. The zero-order chi connectivity index (χ0) is 8.81. The summed E-state index contributed by atoms with van der Waals surface area (Å²) in [7, 11) is 0. The van der Waals surface area contributed by atoms with Crippen LogP contribution in [-0.4, -0.2) is 11.6 Å². The Bertz CT molecular complexity index is 262. The first-order valence-electron chi connectivity index (χ1n) is 3.69. The van der Waals surface area contributed by atoms with Gasteiger partial charge in [0.05, 0.1) is 6.61 Å². The highest BCUT2D eigenvalue weighted by molar-refractivity contribution is 9.10. The van der Waals surface area contributed by atoms with E-state index in [1.54, 1.807) is 0 Å². The van der Waals surface area contributed by atoms with Crippen LogP contribution in [0.4, 0.5) is 0 Å². The Kier molecular flexibility index (Phi) is 3.80. The van der Waals surface area contributed by atoms with E-state index in [0.29, 0.717) is 12.5 Å². The number of aromatic nitrogens is 1. The lowest BCUT2D eigenvalue weighted by atomic mass is 10.4. The molecule has 0 atom stereocenters. The summed E-state index contributed by atoms with van der Waals surface area (Å²) in [5, 5.41) is 0. The van der Waals surface area contributed by atoms with Gasteiger partial charge in [-0.2, -0.15) is 0 Å². The molecule has 0 aliphatic rings. The van der Waals surface area contributed by atoms with Gasteiger partial charge in [-0.1, -0.05) is 12.1 Å². The summed E-state index contributed by atoms with van der Waals surface area (Å²) in [6, 6.07) is 5.58. The third-order valence-electron chi connectivity index (χ3n) is 1.26. The Balaban J connectivity index is 2.46. The lowest BCUT2D eigenvalue weighted by Crippen LogP contribution is -1.97. The van der Waals surface area contributed by atoms with Crippen molar-refractivity contribution in [2.45, 2.75) is 6.42 Å². The van der Waals surface area contributed by atoms with Gasteiger partial charge >= 0.3 is 0 Å². The first kappa shape index (κ1) is 9.26. The van der Waals surface area contributed by atoms with Crippen LogP contribution in [-0.2, 0) is 0 Å². The molecule has 1 aromatic heterocycles. The molecule has 1 heterocycles. The van der Waals surface area contributed by atoms with Gasteiger partial charge in [0.15, 0.2) is 0 Å². The molecule has 0 aliphatic carbocycles. The van der Waals surface area contributed by atoms with Crippen molar-refractivity contribution >= 4 is 15.9 Å². The standard InChI is InChI=1S/C9H10BrNO/c1-2-3-7-12-9-6-4-5-8(10)11-9/h2,4-6H,1,3,7H2. The normalized spacial score (nSPS) is 9.42. The van der Waals surface area contributed by atoms with Gasteiger partial charge in [0, 0.05) is 6.07 Å². The monoisotopic (exact) mass is 227 g/mol. The summed E-state index contributed by atoms with van der Waals surface area (Å²) in [6.45, 7) is 4.23. The van der Waals surface area contributed by atoms with E-state index in [1.807, 2.05) is 24.3 Å². The van der Waals surface area contributed by atoms with Gasteiger partial charge in [-0.15, -0.1) is 6.58 Å². The maximum absolute atomic E-state index is 5.31. The first-order chi connectivity index (χ1) is 5.83. The van der Waals surface area contributed by atoms with E-state index in [9.17, 15) is 0 Å². The number of rotatable bonds is 4. The fourth-order valence-electron chi connectivity index (χ4n) is 0.717. The van der Waals surface area contributed by atoms with Gasteiger partial charge in [0.25, 0.3) is 0 Å². The summed E-state index contributed by atoms with van der Waals surface area (Å²) in [6.07, 6.45) is 2.66. The van der Waals surface area contributed by atoms with Gasteiger partial charge < -0.3 is 4.74 Å². The second-order valence-corrected chi connectivity index (χ2v) is 3.04. The summed E-state index contributed by atoms with van der Waals surface area (Å²) in [5.74, 6) is 0.645. The fourth-order valence-corrected chi connectivity index (χ4v) is 1.04. The van der Waals surface area contributed by atoms with E-state index in [4.69, 9.17) is 4.74 Å². The van der Waals surface area contributed by atoms with Crippen molar-refractivity contribution in [2.75, 3.05) is 6.61 Å². The number of pyridine rings is 1. The molecule has 3 heteroatoms. The highest BCUT2D eigenvalue weighted by Gasteiger charge is 1.93. The molecule has 0 bridgehead atoms. The second-order valence-electron chi connectivity index (χ2n) is 2.22.